The van der Waals surface area contributed by atoms with Crippen LogP contribution in [0.2, 0.25) is 0 Å². The first-order chi connectivity index (χ1) is 7.75. The Bertz CT molecular complexity index is 357. The van der Waals surface area contributed by atoms with Gasteiger partial charge in [0.25, 0.3) is 5.91 Å². The number of hydrogen-bond acceptors (Lipinski definition) is 4. The summed E-state index contributed by atoms with van der Waals surface area (Å²) < 4.78 is 7.01. The van der Waals surface area contributed by atoms with E-state index in [1.54, 1.807) is 10.9 Å². The lowest BCUT2D eigenvalue weighted by molar-refractivity contribution is 0.0360. The lowest BCUT2D eigenvalue weighted by atomic mass is 10.3. The predicted molar refractivity (Wildman–Crippen MR) is 58.0 cm³/mol. The molecule has 0 aromatic carbocycles. The van der Waals surface area contributed by atoms with Crippen molar-refractivity contribution in [2.75, 3.05) is 32.8 Å². The Kier molecular flexibility index (Phi) is 3.53. The molecule has 1 saturated heterocycles. The maximum atomic E-state index is 10.9. The van der Waals surface area contributed by atoms with Gasteiger partial charge in [-0.15, -0.1) is 0 Å². The minimum absolute atomic E-state index is 0.433. The van der Waals surface area contributed by atoms with Gasteiger partial charge in [0, 0.05) is 25.8 Å². The zero-order valence-corrected chi connectivity index (χ0v) is 9.13. The van der Waals surface area contributed by atoms with E-state index < -0.39 is 5.91 Å². The van der Waals surface area contributed by atoms with Gasteiger partial charge in [-0.3, -0.25) is 14.4 Å². The normalized spacial score (nSPS) is 17.5. The maximum Gasteiger partial charge on any atom is 0.251 e. The van der Waals surface area contributed by atoms with Crippen LogP contribution in [0.25, 0.3) is 0 Å². The fourth-order valence-corrected chi connectivity index (χ4v) is 1.68. The van der Waals surface area contributed by atoms with Crippen molar-refractivity contribution in [1.29, 1.82) is 0 Å². The molecule has 0 atom stereocenters. The van der Waals surface area contributed by atoms with Crippen molar-refractivity contribution < 1.29 is 9.53 Å². The molecule has 0 bridgehead atoms. The molecule has 2 heterocycles. The summed E-state index contributed by atoms with van der Waals surface area (Å²) >= 11 is 0. The van der Waals surface area contributed by atoms with Crippen molar-refractivity contribution >= 4 is 5.91 Å². The molecule has 0 spiro atoms. The number of ether oxygens (including phenoxy) is 1. The van der Waals surface area contributed by atoms with Crippen molar-refractivity contribution in [3.63, 3.8) is 0 Å². The molecule has 1 amide bonds. The van der Waals surface area contributed by atoms with Crippen LogP contribution in [0.4, 0.5) is 0 Å². The number of aromatic nitrogens is 2. The monoisotopic (exact) mass is 224 g/mol. The first kappa shape index (κ1) is 11.1. The van der Waals surface area contributed by atoms with Crippen molar-refractivity contribution in [2.24, 2.45) is 5.73 Å². The van der Waals surface area contributed by atoms with E-state index in [0.717, 1.165) is 39.4 Å². The molecule has 0 radical (unpaired) electrons. The van der Waals surface area contributed by atoms with Gasteiger partial charge >= 0.3 is 0 Å². The molecule has 6 heteroatoms. The fourth-order valence-electron chi connectivity index (χ4n) is 1.68. The third-order valence-electron chi connectivity index (χ3n) is 2.67. The van der Waals surface area contributed by atoms with E-state index in [1.165, 1.54) is 6.20 Å². The molecule has 0 saturated carbocycles. The van der Waals surface area contributed by atoms with Crippen LogP contribution in [-0.4, -0.2) is 53.4 Å². The second-order valence-electron chi connectivity index (χ2n) is 3.81. The van der Waals surface area contributed by atoms with Gasteiger partial charge in [-0.1, -0.05) is 0 Å². The number of hydrogen-bond donors (Lipinski definition) is 1. The molecule has 16 heavy (non-hydrogen) atoms. The Morgan fingerprint density at radius 3 is 2.81 bits per heavy atom. The summed E-state index contributed by atoms with van der Waals surface area (Å²) in [5.41, 5.74) is 5.61. The van der Waals surface area contributed by atoms with Crippen LogP contribution in [0, 0.1) is 0 Å². The van der Waals surface area contributed by atoms with E-state index in [9.17, 15) is 4.79 Å². The quantitative estimate of drug-likeness (QED) is 0.735. The molecule has 0 unspecified atom stereocenters. The minimum Gasteiger partial charge on any atom is -0.379 e. The summed E-state index contributed by atoms with van der Waals surface area (Å²) in [7, 11) is 0. The van der Waals surface area contributed by atoms with Gasteiger partial charge in [-0.25, -0.2) is 0 Å². The molecule has 2 N–H and O–H groups in total. The lowest BCUT2D eigenvalue weighted by Crippen LogP contribution is -2.38. The summed E-state index contributed by atoms with van der Waals surface area (Å²) in [5, 5.41) is 4.08. The molecule has 88 valence electrons. The van der Waals surface area contributed by atoms with Gasteiger partial charge in [0.05, 0.1) is 31.5 Å². The van der Waals surface area contributed by atoms with Gasteiger partial charge in [-0.05, 0) is 0 Å². The fraction of sp³-hybridized carbons (Fsp3) is 0.600. The molecule has 6 nitrogen and oxygen atoms in total. The second kappa shape index (κ2) is 5.09. The highest BCUT2D eigenvalue weighted by Gasteiger charge is 2.10. The average Bonchev–Trinajstić information content (AvgIpc) is 2.76. The summed E-state index contributed by atoms with van der Waals surface area (Å²) in [6, 6.07) is 0. The van der Waals surface area contributed by atoms with Crippen LogP contribution in [0.15, 0.2) is 12.4 Å². The van der Waals surface area contributed by atoms with E-state index in [1.807, 2.05) is 0 Å². The van der Waals surface area contributed by atoms with Crippen LogP contribution in [0.1, 0.15) is 10.4 Å². The van der Waals surface area contributed by atoms with E-state index in [-0.39, 0.29) is 0 Å². The minimum atomic E-state index is -0.433. The predicted octanol–water partition coefficient (Wildman–Crippen LogP) is -0.686. The lowest BCUT2D eigenvalue weighted by Gasteiger charge is -2.26. The molecule has 1 aliphatic rings. The molecular formula is C10H16N4O2. The SMILES string of the molecule is NC(=O)c1cnn(CCN2CCOCC2)c1. The Morgan fingerprint density at radius 2 is 2.19 bits per heavy atom. The molecule has 1 aromatic rings. The highest BCUT2D eigenvalue weighted by atomic mass is 16.5. The van der Waals surface area contributed by atoms with Gasteiger partial charge < -0.3 is 10.5 Å². The molecule has 1 fully saturated rings. The molecule has 0 aliphatic carbocycles. The largest absolute Gasteiger partial charge is 0.379 e. The number of amides is 1. The summed E-state index contributed by atoms with van der Waals surface area (Å²) in [4.78, 5) is 13.2. The molecular weight excluding hydrogens is 208 g/mol. The van der Waals surface area contributed by atoms with Crippen LogP contribution < -0.4 is 5.73 Å². The number of carbonyl (C=O) groups excluding carboxylic acids is 1. The van der Waals surface area contributed by atoms with Gasteiger partial charge in [-0.2, -0.15) is 5.10 Å². The molecule has 1 aliphatic heterocycles. The van der Waals surface area contributed by atoms with Crippen LogP contribution >= 0.6 is 0 Å². The van der Waals surface area contributed by atoms with Gasteiger partial charge in [0.2, 0.25) is 0 Å². The van der Waals surface area contributed by atoms with Crippen molar-refractivity contribution in [2.45, 2.75) is 6.54 Å². The standard InChI is InChI=1S/C10H16N4O2/c11-10(15)9-7-12-14(8-9)2-1-13-3-5-16-6-4-13/h7-8H,1-6H2,(H2,11,15). The van der Waals surface area contributed by atoms with Crippen molar-refractivity contribution in [3.8, 4) is 0 Å². The Labute approximate surface area is 94.0 Å². The topological polar surface area (TPSA) is 73.4 Å². The highest BCUT2D eigenvalue weighted by molar-refractivity contribution is 5.92. The molecule has 2 rings (SSSR count). The van der Waals surface area contributed by atoms with Crippen LogP contribution in [0.3, 0.4) is 0 Å². The average molecular weight is 224 g/mol. The highest BCUT2D eigenvalue weighted by Crippen LogP contribution is 1.99. The maximum absolute atomic E-state index is 10.9. The summed E-state index contributed by atoms with van der Waals surface area (Å²) in [6.07, 6.45) is 3.18. The summed E-state index contributed by atoms with van der Waals surface area (Å²) in [5.74, 6) is -0.433. The third kappa shape index (κ3) is 2.80. The van der Waals surface area contributed by atoms with Gasteiger partial charge in [0.15, 0.2) is 0 Å². The zero-order chi connectivity index (χ0) is 11.4. The number of carbonyl (C=O) groups is 1. The van der Waals surface area contributed by atoms with Crippen molar-refractivity contribution in [1.82, 2.24) is 14.7 Å². The smallest absolute Gasteiger partial charge is 0.251 e. The zero-order valence-electron chi connectivity index (χ0n) is 9.13. The van der Waals surface area contributed by atoms with E-state index >= 15 is 0 Å². The number of nitrogens with two attached hydrogens (primary N) is 1. The number of primary amides is 1. The third-order valence-corrected chi connectivity index (χ3v) is 2.67. The van der Waals surface area contributed by atoms with E-state index in [2.05, 4.69) is 10.00 Å². The number of morpholine rings is 1. The Balaban J connectivity index is 1.81. The van der Waals surface area contributed by atoms with Crippen LogP contribution in [-0.2, 0) is 11.3 Å². The first-order valence-corrected chi connectivity index (χ1v) is 5.38. The first-order valence-electron chi connectivity index (χ1n) is 5.38. The van der Waals surface area contributed by atoms with E-state index in [0.29, 0.717) is 5.56 Å². The van der Waals surface area contributed by atoms with E-state index in [4.69, 9.17) is 10.5 Å². The Hall–Kier alpha value is -1.40. The number of nitrogens with zero attached hydrogens (tertiary/aromatic N) is 3. The second-order valence-corrected chi connectivity index (χ2v) is 3.81. The number of rotatable bonds is 4. The summed E-state index contributed by atoms with van der Waals surface area (Å²) in [6.45, 7) is 5.21. The Morgan fingerprint density at radius 1 is 1.44 bits per heavy atom. The molecule has 1 aromatic heterocycles. The van der Waals surface area contributed by atoms with Crippen molar-refractivity contribution in [3.05, 3.63) is 18.0 Å². The van der Waals surface area contributed by atoms with Crippen LogP contribution in [0.5, 0.6) is 0 Å². The van der Waals surface area contributed by atoms with Gasteiger partial charge in [0.1, 0.15) is 0 Å².